The molecule has 1 atom stereocenters. The third-order valence-corrected chi connectivity index (χ3v) is 8.46. The molecule has 0 saturated carbocycles. The maximum Gasteiger partial charge on any atom is 0.345 e. The first kappa shape index (κ1) is 25.4. The summed E-state index contributed by atoms with van der Waals surface area (Å²) in [7, 11) is 1.51. The van der Waals surface area contributed by atoms with Gasteiger partial charge in [-0.05, 0) is 47.4 Å². The average Bonchev–Trinajstić information content (AvgIpc) is 3.32. The minimum atomic E-state index is -0.578. The van der Waals surface area contributed by atoms with Gasteiger partial charge in [-0.25, -0.2) is 4.79 Å². The summed E-state index contributed by atoms with van der Waals surface area (Å²) in [4.78, 5) is 29.6. The lowest BCUT2D eigenvalue weighted by Crippen LogP contribution is -2.38. The Morgan fingerprint density at radius 2 is 1.85 bits per heavy atom. The molecule has 2 N–H and O–H groups in total. The molecule has 0 bridgehead atoms. The average molecular weight is 560 g/mol. The molecule has 7 nitrogen and oxygen atoms in total. The molecular formula is C30H26ClN3O4S. The molecule has 6 rings (SSSR count). The van der Waals surface area contributed by atoms with Crippen molar-refractivity contribution < 1.29 is 19.1 Å². The van der Waals surface area contributed by atoms with E-state index in [0.717, 1.165) is 47.7 Å². The van der Waals surface area contributed by atoms with Crippen LogP contribution in [0.2, 0.25) is 5.02 Å². The van der Waals surface area contributed by atoms with Gasteiger partial charge in [0.25, 0.3) is 5.91 Å². The van der Waals surface area contributed by atoms with Crippen molar-refractivity contribution in [2.75, 3.05) is 19.0 Å². The smallest absolute Gasteiger partial charge is 0.345 e. The highest BCUT2D eigenvalue weighted by Crippen LogP contribution is 2.42. The van der Waals surface area contributed by atoms with E-state index in [9.17, 15) is 9.59 Å². The van der Waals surface area contributed by atoms with E-state index < -0.39 is 12.1 Å². The van der Waals surface area contributed by atoms with Crippen LogP contribution < -0.4 is 20.1 Å². The van der Waals surface area contributed by atoms with Gasteiger partial charge in [-0.15, -0.1) is 11.3 Å². The number of amides is 1. The number of thiophene rings is 1. The fourth-order valence-corrected chi connectivity index (χ4v) is 6.57. The number of esters is 1. The van der Waals surface area contributed by atoms with E-state index in [1.807, 2.05) is 6.07 Å². The summed E-state index contributed by atoms with van der Waals surface area (Å²) in [5, 5.41) is 7.77. The summed E-state index contributed by atoms with van der Waals surface area (Å²) in [5.74, 6) is -0.0299. The molecule has 0 aliphatic carbocycles. The van der Waals surface area contributed by atoms with Crippen molar-refractivity contribution in [3.8, 4) is 11.5 Å². The number of rotatable bonds is 6. The molecule has 198 valence electrons. The van der Waals surface area contributed by atoms with Gasteiger partial charge in [0.1, 0.15) is 11.2 Å². The highest BCUT2D eigenvalue weighted by molar-refractivity contribution is 7.16. The largest absolute Gasteiger partial charge is 0.493 e. The number of benzene rings is 3. The lowest BCUT2D eigenvalue weighted by Gasteiger charge is -2.29. The van der Waals surface area contributed by atoms with E-state index in [-0.39, 0.29) is 17.2 Å². The van der Waals surface area contributed by atoms with E-state index in [0.29, 0.717) is 10.8 Å². The van der Waals surface area contributed by atoms with Crippen LogP contribution in [0.25, 0.3) is 0 Å². The Kier molecular flexibility index (Phi) is 6.99. The third-order valence-electron chi connectivity index (χ3n) is 6.98. The molecule has 39 heavy (non-hydrogen) atoms. The van der Waals surface area contributed by atoms with Crippen LogP contribution in [0.3, 0.4) is 0 Å². The van der Waals surface area contributed by atoms with Crippen molar-refractivity contribution in [2.45, 2.75) is 25.7 Å². The number of carbonyl (C=O) groups is 2. The van der Waals surface area contributed by atoms with Gasteiger partial charge >= 0.3 is 5.97 Å². The van der Waals surface area contributed by atoms with Gasteiger partial charge < -0.3 is 20.1 Å². The minimum Gasteiger partial charge on any atom is -0.493 e. The molecule has 9 heteroatoms. The Bertz CT molecular complexity index is 1560. The molecule has 4 aromatic rings. The topological polar surface area (TPSA) is 79.9 Å². The van der Waals surface area contributed by atoms with Crippen LogP contribution in [0.5, 0.6) is 11.5 Å². The lowest BCUT2D eigenvalue weighted by atomic mass is 10.00. The standard InChI is InChI=1S/C30H26ClN3O4S/c1-37-24-15-19(11-12-23(24)38-30(36)20-9-5-6-10-22(20)31)27-32-28(35)26-21-13-14-34(16-18-7-3-2-4-8-18)17-25(21)39-29(26)33-27/h2-12,15,27,33H,13-14,16-17H2,1H3,(H,32,35)/t27-/m1/s1. The van der Waals surface area contributed by atoms with Crippen molar-refractivity contribution in [1.82, 2.24) is 10.2 Å². The van der Waals surface area contributed by atoms with Crippen LogP contribution in [-0.2, 0) is 19.5 Å². The number of methoxy groups -OCH3 is 1. The van der Waals surface area contributed by atoms with Gasteiger partial charge in [-0.2, -0.15) is 0 Å². The van der Waals surface area contributed by atoms with Crippen molar-refractivity contribution in [2.24, 2.45) is 0 Å². The zero-order valence-corrected chi connectivity index (χ0v) is 22.8. The van der Waals surface area contributed by atoms with E-state index in [1.165, 1.54) is 17.6 Å². The van der Waals surface area contributed by atoms with Crippen LogP contribution in [0.15, 0.2) is 72.8 Å². The van der Waals surface area contributed by atoms with Crippen LogP contribution in [-0.4, -0.2) is 30.4 Å². The fraction of sp³-hybridized carbons (Fsp3) is 0.200. The summed E-state index contributed by atoms with van der Waals surface area (Å²) in [6, 6.07) is 22.4. The van der Waals surface area contributed by atoms with Gasteiger partial charge in [-0.3, -0.25) is 9.69 Å². The molecule has 2 aliphatic rings. The highest BCUT2D eigenvalue weighted by atomic mass is 35.5. The number of hydrogen-bond donors (Lipinski definition) is 2. The minimum absolute atomic E-state index is 0.0871. The Labute approximate surface area is 235 Å². The molecule has 1 amide bonds. The number of ether oxygens (including phenoxy) is 2. The second-order valence-corrected chi connectivity index (χ2v) is 11.0. The fourth-order valence-electron chi connectivity index (χ4n) is 5.04. The lowest BCUT2D eigenvalue weighted by molar-refractivity contribution is 0.0729. The number of fused-ring (bicyclic) bond motifs is 3. The van der Waals surface area contributed by atoms with E-state index in [4.69, 9.17) is 21.1 Å². The summed E-state index contributed by atoms with van der Waals surface area (Å²) in [6.07, 6.45) is 0.389. The highest BCUT2D eigenvalue weighted by Gasteiger charge is 2.33. The first-order valence-corrected chi connectivity index (χ1v) is 13.8. The molecule has 1 aromatic heterocycles. The summed E-state index contributed by atoms with van der Waals surface area (Å²) in [6.45, 7) is 2.62. The third kappa shape index (κ3) is 5.11. The Morgan fingerprint density at radius 3 is 2.64 bits per heavy atom. The number of hydrogen-bond acceptors (Lipinski definition) is 7. The van der Waals surface area contributed by atoms with E-state index in [2.05, 4.69) is 39.8 Å². The molecule has 0 spiro atoms. The SMILES string of the molecule is COc1cc([C@@H]2NC(=O)c3c(sc4c3CCN(Cc3ccccc3)C4)N2)ccc1OC(=O)c1ccccc1Cl. The normalized spacial score (nSPS) is 16.5. The van der Waals surface area contributed by atoms with Crippen LogP contribution in [0.4, 0.5) is 5.00 Å². The summed E-state index contributed by atoms with van der Waals surface area (Å²) < 4.78 is 11.1. The molecule has 3 aromatic carbocycles. The molecule has 3 heterocycles. The van der Waals surface area contributed by atoms with Crippen LogP contribution in [0.1, 0.15) is 48.4 Å². The summed E-state index contributed by atoms with van der Waals surface area (Å²) >= 11 is 7.79. The van der Waals surface area contributed by atoms with Crippen LogP contribution in [0, 0.1) is 0 Å². The number of halogens is 1. The number of nitrogens with one attached hydrogen (secondary N) is 2. The van der Waals surface area contributed by atoms with Gasteiger partial charge in [-0.1, -0.05) is 60.1 Å². The Morgan fingerprint density at radius 1 is 1.05 bits per heavy atom. The van der Waals surface area contributed by atoms with Crippen molar-refractivity contribution in [1.29, 1.82) is 0 Å². The maximum atomic E-state index is 13.3. The maximum absolute atomic E-state index is 13.3. The first-order chi connectivity index (χ1) is 19.0. The molecular weight excluding hydrogens is 534 g/mol. The van der Waals surface area contributed by atoms with E-state index >= 15 is 0 Å². The molecule has 0 fully saturated rings. The first-order valence-electron chi connectivity index (χ1n) is 12.6. The zero-order valence-electron chi connectivity index (χ0n) is 21.2. The predicted octanol–water partition coefficient (Wildman–Crippen LogP) is 6.04. The van der Waals surface area contributed by atoms with Crippen molar-refractivity contribution in [3.63, 3.8) is 0 Å². The zero-order chi connectivity index (χ0) is 26.9. The van der Waals surface area contributed by atoms with Gasteiger partial charge in [0.2, 0.25) is 0 Å². The van der Waals surface area contributed by atoms with E-state index in [1.54, 1.807) is 53.8 Å². The number of nitrogens with zero attached hydrogens (tertiary/aromatic N) is 1. The number of anilines is 1. The second-order valence-electron chi connectivity index (χ2n) is 9.48. The van der Waals surface area contributed by atoms with Gasteiger partial charge in [0, 0.05) is 24.5 Å². The van der Waals surface area contributed by atoms with Gasteiger partial charge in [0.15, 0.2) is 11.5 Å². The van der Waals surface area contributed by atoms with Crippen LogP contribution >= 0.6 is 22.9 Å². The second kappa shape index (κ2) is 10.7. The monoisotopic (exact) mass is 559 g/mol. The van der Waals surface area contributed by atoms with Crippen molar-refractivity contribution >= 4 is 39.8 Å². The molecule has 0 saturated heterocycles. The number of carbonyl (C=O) groups excluding carboxylic acids is 2. The Hall–Kier alpha value is -3.85. The summed E-state index contributed by atoms with van der Waals surface area (Å²) in [5.41, 5.74) is 4.22. The Balaban J connectivity index is 1.19. The van der Waals surface area contributed by atoms with Gasteiger partial charge in [0.05, 0.1) is 23.3 Å². The van der Waals surface area contributed by atoms with Crippen molar-refractivity contribution in [3.05, 3.63) is 111 Å². The molecule has 2 aliphatic heterocycles. The molecule has 0 unspecified atom stereocenters. The molecule has 0 radical (unpaired) electrons. The quantitative estimate of drug-likeness (QED) is 0.221. The predicted molar refractivity (Wildman–Crippen MR) is 152 cm³/mol.